The van der Waals surface area contributed by atoms with E-state index < -0.39 is 20.0 Å². The molecule has 42 heavy (non-hydrogen) atoms. The Morgan fingerprint density at radius 1 is 0.524 bits per heavy atom. The fraction of sp³-hybridized carbons (Fsp3) is 0.562. The van der Waals surface area contributed by atoms with Crippen LogP contribution < -0.4 is 9.44 Å². The Hall–Kier alpha value is -2.72. The van der Waals surface area contributed by atoms with Crippen LogP contribution in [0.2, 0.25) is 0 Å². The molecule has 0 saturated carbocycles. The molecule has 0 fully saturated rings. The lowest BCUT2D eigenvalue weighted by atomic mass is 10.1. The largest absolute Gasteiger partial charge is 0.284 e. The number of nitrogens with one attached hydrogen (secondary N) is 2. The summed E-state index contributed by atoms with van der Waals surface area (Å²) >= 11 is 0. The Kier molecular flexibility index (Phi) is 15.8. The summed E-state index contributed by atoms with van der Waals surface area (Å²) in [5.41, 5.74) is 4.10. The molecule has 0 amide bonds. The fourth-order valence-electron chi connectivity index (χ4n) is 4.43. The fourth-order valence-corrected chi connectivity index (χ4v) is 6.79. The van der Waals surface area contributed by atoms with Gasteiger partial charge < -0.3 is 0 Å². The van der Waals surface area contributed by atoms with Crippen molar-refractivity contribution in [3.05, 3.63) is 59.7 Å². The number of sulfonamides is 2. The Bertz CT molecular complexity index is 1230. The maximum Gasteiger partial charge on any atom is 0.232 e. The van der Waals surface area contributed by atoms with Gasteiger partial charge in [0.2, 0.25) is 20.0 Å². The second-order valence-electron chi connectivity index (χ2n) is 10.9. The molecule has 0 aliphatic carbocycles. The normalized spacial score (nSPS) is 12.9. The summed E-state index contributed by atoms with van der Waals surface area (Å²) in [5, 5.41) is 8.69. The first kappa shape index (κ1) is 35.5. The summed E-state index contributed by atoms with van der Waals surface area (Å²) < 4.78 is 54.9. The number of anilines is 2. The van der Waals surface area contributed by atoms with Crippen LogP contribution in [0.5, 0.6) is 0 Å². The lowest BCUT2D eigenvalue weighted by Crippen LogP contribution is -2.16. The van der Waals surface area contributed by atoms with Crippen LogP contribution in [0.4, 0.5) is 11.4 Å². The van der Waals surface area contributed by atoms with Gasteiger partial charge in [0, 0.05) is 11.4 Å². The summed E-state index contributed by atoms with van der Waals surface area (Å²) in [6.07, 6.45) is 12.4. The molecule has 0 atom stereocenters. The second kappa shape index (κ2) is 18.7. The van der Waals surface area contributed by atoms with E-state index in [0.717, 1.165) is 49.7 Å². The summed E-state index contributed by atoms with van der Waals surface area (Å²) in [7, 11) is -6.75. The molecule has 0 unspecified atom stereocenters. The molecule has 0 saturated heterocycles. The monoisotopic (exact) mass is 618 g/mol. The van der Waals surface area contributed by atoms with Gasteiger partial charge in [-0.15, -0.1) is 0 Å². The molecule has 0 spiro atoms. The first-order valence-corrected chi connectivity index (χ1v) is 18.7. The van der Waals surface area contributed by atoms with Crippen molar-refractivity contribution in [2.45, 2.75) is 105 Å². The molecule has 0 bridgehead atoms. The number of rotatable bonds is 21. The molecule has 0 aliphatic heterocycles. The van der Waals surface area contributed by atoms with Gasteiger partial charge in [-0.2, -0.15) is 10.2 Å². The number of benzene rings is 2. The quantitative estimate of drug-likeness (QED) is 0.0834. The van der Waals surface area contributed by atoms with Crippen molar-refractivity contribution in [3.63, 3.8) is 0 Å². The maximum absolute atomic E-state index is 12.4. The van der Waals surface area contributed by atoms with Gasteiger partial charge >= 0.3 is 0 Å². The van der Waals surface area contributed by atoms with Crippen molar-refractivity contribution in [3.8, 4) is 0 Å². The second-order valence-corrected chi connectivity index (χ2v) is 14.6. The van der Waals surface area contributed by atoms with Crippen LogP contribution in [0.25, 0.3) is 0 Å². The molecule has 234 valence electrons. The van der Waals surface area contributed by atoms with Crippen LogP contribution in [-0.4, -0.2) is 39.8 Å². The minimum atomic E-state index is -3.37. The van der Waals surface area contributed by atoms with Gasteiger partial charge in [0.25, 0.3) is 0 Å². The smallest absolute Gasteiger partial charge is 0.232 e. The Morgan fingerprint density at radius 3 is 1.17 bits per heavy atom. The highest BCUT2D eigenvalue weighted by Gasteiger charge is 2.12. The van der Waals surface area contributed by atoms with Crippen molar-refractivity contribution in [1.82, 2.24) is 0 Å². The van der Waals surface area contributed by atoms with Crippen LogP contribution in [0.1, 0.15) is 116 Å². The molecule has 0 aromatic heterocycles. The molecule has 0 heterocycles. The summed E-state index contributed by atoms with van der Waals surface area (Å²) in [5.74, 6) is 0.253. The van der Waals surface area contributed by atoms with Gasteiger partial charge in [0.05, 0.1) is 22.9 Å². The van der Waals surface area contributed by atoms with Gasteiger partial charge in [-0.25, -0.2) is 16.8 Å². The van der Waals surface area contributed by atoms with Crippen LogP contribution in [0.15, 0.2) is 58.7 Å². The standard InChI is InChI=1S/C32H50N4O4S2/c1-5-7-9-11-13-15-25-41(37,38)35-31-21-17-29(18-22-31)27(3)33-34-28(4)30-19-23-32(24-20-30)36-42(39,40)26-16-14-12-10-8-6-2/h17-24,35-36H,5-16,25-26H2,1-4H3. The van der Waals surface area contributed by atoms with Crippen LogP contribution >= 0.6 is 0 Å². The Balaban J connectivity index is 1.88. The first-order valence-electron chi connectivity index (χ1n) is 15.4. The number of unbranched alkanes of at least 4 members (excludes halogenated alkanes) is 10. The molecule has 2 aromatic carbocycles. The predicted molar refractivity (Wildman–Crippen MR) is 179 cm³/mol. The molecule has 2 aromatic rings. The third-order valence-corrected chi connectivity index (χ3v) is 9.78. The molecule has 2 rings (SSSR count). The van der Waals surface area contributed by atoms with Gasteiger partial charge in [0.15, 0.2) is 0 Å². The Morgan fingerprint density at radius 2 is 0.833 bits per heavy atom. The first-order chi connectivity index (χ1) is 20.0. The number of hydrogen-bond donors (Lipinski definition) is 2. The van der Waals surface area contributed by atoms with E-state index in [1.54, 1.807) is 24.3 Å². The lowest BCUT2D eigenvalue weighted by Gasteiger charge is -2.09. The predicted octanol–water partition coefficient (Wildman–Crippen LogP) is 8.12. The average Bonchev–Trinajstić information content (AvgIpc) is 2.95. The van der Waals surface area contributed by atoms with E-state index in [0.29, 0.717) is 35.6 Å². The molecule has 0 aliphatic rings. The molecular formula is C32H50N4O4S2. The zero-order valence-electron chi connectivity index (χ0n) is 25.9. The maximum atomic E-state index is 12.4. The van der Waals surface area contributed by atoms with E-state index in [9.17, 15) is 16.8 Å². The van der Waals surface area contributed by atoms with Crippen molar-refractivity contribution < 1.29 is 16.8 Å². The highest BCUT2D eigenvalue weighted by atomic mass is 32.2. The summed E-state index contributed by atoms with van der Waals surface area (Å²) in [4.78, 5) is 0. The SMILES string of the molecule is CCCCCCCCS(=O)(=O)Nc1ccc(C(C)=NN=C(C)c2ccc(NS(=O)(=O)CCCCCCCC)cc2)cc1. The third-order valence-electron chi connectivity index (χ3n) is 7.04. The van der Waals surface area contributed by atoms with E-state index in [1.165, 1.54) is 25.7 Å². The zero-order valence-corrected chi connectivity index (χ0v) is 27.5. The van der Waals surface area contributed by atoms with Crippen molar-refractivity contribution in [1.29, 1.82) is 0 Å². The number of nitrogens with zero attached hydrogens (tertiary/aromatic N) is 2. The van der Waals surface area contributed by atoms with E-state index >= 15 is 0 Å². The molecule has 8 nitrogen and oxygen atoms in total. The minimum absolute atomic E-state index is 0.126. The highest BCUT2D eigenvalue weighted by Crippen LogP contribution is 2.16. The van der Waals surface area contributed by atoms with E-state index in [1.807, 2.05) is 38.1 Å². The zero-order chi connectivity index (χ0) is 30.8. The van der Waals surface area contributed by atoms with Gasteiger partial charge in [-0.1, -0.05) is 102 Å². The van der Waals surface area contributed by atoms with E-state index in [-0.39, 0.29) is 11.5 Å². The minimum Gasteiger partial charge on any atom is -0.284 e. The lowest BCUT2D eigenvalue weighted by molar-refractivity contribution is 0.586. The van der Waals surface area contributed by atoms with Crippen molar-refractivity contribution >= 4 is 42.8 Å². The Labute approximate surface area is 254 Å². The van der Waals surface area contributed by atoms with Crippen molar-refractivity contribution in [2.24, 2.45) is 10.2 Å². The van der Waals surface area contributed by atoms with E-state index in [4.69, 9.17) is 0 Å². The van der Waals surface area contributed by atoms with Crippen LogP contribution in [0, 0.1) is 0 Å². The topological polar surface area (TPSA) is 117 Å². The third kappa shape index (κ3) is 14.4. The van der Waals surface area contributed by atoms with Crippen LogP contribution in [0.3, 0.4) is 0 Å². The highest BCUT2D eigenvalue weighted by molar-refractivity contribution is 7.92. The molecule has 2 N–H and O–H groups in total. The van der Waals surface area contributed by atoms with Crippen LogP contribution in [-0.2, 0) is 20.0 Å². The van der Waals surface area contributed by atoms with Gasteiger partial charge in [0.1, 0.15) is 0 Å². The molecule has 0 radical (unpaired) electrons. The number of hydrogen-bond acceptors (Lipinski definition) is 6. The van der Waals surface area contributed by atoms with Crippen molar-refractivity contribution in [2.75, 3.05) is 20.9 Å². The average molecular weight is 619 g/mol. The summed E-state index contributed by atoms with van der Waals surface area (Å²) in [6, 6.07) is 14.2. The molecule has 10 heteroatoms. The molecular weight excluding hydrogens is 569 g/mol. The van der Waals surface area contributed by atoms with Gasteiger partial charge in [-0.3, -0.25) is 9.44 Å². The van der Waals surface area contributed by atoms with E-state index in [2.05, 4.69) is 33.5 Å². The van der Waals surface area contributed by atoms with Gasteiger partial charge in [-0.05, 0) is 62.1 Å². The summed E-state index contributed by atoms with van der Waals surface area (Å²) in [6.45, 7) is 8.01.